The topological polar surface area (TPSA) is 97.2 Å². The Morgan fingerprint density at radius 2 is 2.24 bits per heavy atom. The maximum absolute atomic E-state index is 11.2. The summed E-state index contributed by atoms with van der Waals surface area (Å²) in [7, 11) is 0. The number of anilines is 1. The summed E-state index contributed by atoms with van der Waals surface area (Å²) in [6.07, 6.45) is 2.78. The number of amides is 1. The van der Waals surface area contributed by atoms with Gasteiger partial charge in [-0.2, -0.15) is 0 Å². The molecule has 2 N–H and O–H groups in total. The number of piperidine rings is 1. The summed E-state index contributed by atoms with van der Waals surface area (Å²) in [6, 6.07) is 6.81. The molecule has 1 aromatic heterocycles. The van der Waals surface area contributed by atoms with Crippen LogP contribution in [0.5, 0.6) is 0 Å². The highest BCUT2D eigenvalue weighted by Crippen LogP contribution is 2.29. The summed E-state index contributed by atoms with van der Waals surface area (Å²) in [5.74, 6) is 0.0586. The minimum Gasteiger partial charge on any atom is -0.380 e. The molecule has 7 heteroatoms. The van der Waals surface area contributed by atoms with Gasteiger partial charge in [0.1, 0.15) is 5.52 Å². The van der Waals surface area contributed by atoms with Crippen molar-refractivity contribution >= 4 is 28.2 Å². The number of nitrogens with zero attached hydrogens (tertiary/aromatic N) is 2. The smallest absolute Gasteiger partial charge is 0.295 e. The molecule has 1 saturated heterocycles. The number of pyridine rings is 1. The van der Waals surface area contributed by atoms with E-state index in [1.54, 1.807) is 24.4 Å². The Bertz CT molecular complexity index is 706. The van der Waals surface area contributed by atoms with E-state index in [4.69, 9.17) is 0 Å². The van der Waals surface area contributed by atoms with Gasteiger partial charge in [0.2, 0.25) is 5.91 Å². The fourth-order valence-electron chi connectivity index (χ4n) is 2.51. The SMILES string of the molecule is O=C1CCC(Nc2ccnc3c([N+](=O)[O-])cccc23)CN1. The Morgan fingerprint density at radius 1 is 1.38 bits per heavy atom. The molecule has 1 unspecified atom stereocenters. The Hall–Kier alpha value is -2.70. The van der Waals surface area contributed by atoms with Gasteiger partial charge in [0.25, 0.3) is 5.69 Å². The van der Waals surface area contributed by atoms with E-state index in [9.17, 15) is 14.9 Å². The molecule has 1 aliphatic rings. The third-order valence-electron chi connectivity index (χ3n) is 3.57. The van der Waals surface area contributed by atoms with Crippen molar-refractivity contribution in [2.75, 3.05) is 11.9 Å². The second-order valence-corrected chi connectivity index (χ2v) is 4.97. The first kappa shape index (κ1) is 13.3. The van der Waals surface area contributed by atoms with E-state index in [0.29, 0.717) is 23.9 Å². The van der Waals surface area contributed by atoms with Crippen LogP contribution in [0.1, 0.15) is 12.8 Å². The van der Waals surface area contributed by atoms with Crippen molar-refractivity contribution in [2.24, 2.45) is 0 Å². The van der Waals surface area contributed by atoms with Gasteiger partial charge in [-0.05, 0) is 12.5 Å². The standard InChI is InChI=1S/C14H14N4O3/c19-13-5-4-9(8-16-13)17-11-6-7-15-14-10(11)2-1-3-12(14)18(20)21/h1-3,6-7,9H,4-5,8H2,(H,15,17)(H,16,19). The molecule has 0 spiro atoms. The number of nitro benzene ring substituents is 1. The van der Waals surface area contributed by atoms with Gasteiger partial charge in [0.05, 0.1) is 4.92 Å². The molecule has 1 fully saturated rings. The molecule has 3 rings (SSSR count). The number of aromatic nitrogens is 1. The number of nitrogens with one attached hydrogen (secondary N) is 2. The van der Waals surface area contributed by atoms with Crippen molar-refractivity contribution in [3.05, 3.63) is 40.6 Å². The number of hydrogen-bond donors (Lipinski definition) is 2. The number of benzene rings is 1. The minimum absolute atomic E-state index is 0.00639. The van der Waals surface area contributed by atoms with Crippen molar-refractivity contribution < 1.29 is 9.72 Å². The zero-order valence-electron chi connectivity index (χ0n) is 11.2. The Labute approximate surface area is 120 Å². The number of non-ortho nitro benzene ring substituents is 1. The zero-order valence-corrected chi connectivity index (χ0v) is 11.2. The van der Waals surface area contributed by atoms with Gasteiger partial charge in [-0.15, -0.1) is 0 Å². The largest absolute Gasteiger partial charge is 0.380 e. The van der Waals surface area contributed by atoms with Gasteiger partial charge in [0.15, 0.2) is 0 Å². The maximum Gasteiger partial charge on any atom is 0.295 e. The molecule has 2 heterocycles. The lowest BCUT2D eigenvalue weighted by Gasteiger charge is -2.25. The van der Waals surface area contributed by atoms with Gasteiger partial charge >= 0.3 is 0 Å². The van der Waals surface area contributed by atoms with Crippen LogP contribution in [0.3, 0.4) is 0 Å². The molecule has 2 aromatic rings. The third-order valence-corrected chi connectivity index (χ3v) is 3.57. The number of nitro groups is 1. The molecule has 0 saturated carbocycles. The molecule has 0 radical (unpaired) electrons. The minimum atomic E-state index is -0.431. The van der Waals surface area contributed by atoms with Gasteiger partial charge in [-0.3, -0.25) is 14.9 Å². The van der Waals surface area contributed by atoms with Crippen LogP contribution in [0.15, 0.2) is 30.5 Å². The molecule has 0 aliphatic carbocycles. The van der Waals surface area contributed by atoms with E-state index < -0.39 is 4.92 Å². The van der Waals surface area contributed by atoms with Crippen LogP contribution in [-0.2, 0) is 4.79 Å². The van der Waals surface area contributed by atoms with E-state index in [1.165, 1.54) is 6.07 Å². The first-order valence-corrected chi connectivity index (χ1v) is 6.70. The Balaban J connectivity index is 1.94. The lowest BCUT2D eigenvalue weighted by atomic mass is 10.1. The van der Waals surface area contributed by atoms with Crippen LogP contribution >= 0.6 is 0 Å². The number of fused-ring (bicyclic) bond motifs is 1. The van der Waals surface area contributed by atoms with E-state index in [0.717, 1.165) is 12.1 Å². The fourth-order valence-corrected chi connectivity index (χ4v) is 2.51. The van der Waals surface area contributed by atoms with Crippen molar-refractivity contribution in [1.82, 2.24) is 10.3 Å². The molecule has 7 nitrogen and oxygen atoms in total. The Kier molecular flexibility index (Phi) is 3.39. The van der Waals surface area contributed by atoms with E-state index >= 15 is 0 Å². The molecule has 0 bridgehead atoms. The van der Waals surface area contributed by atoms with Gasteiger partial charge in [-0.1, -0.05) is 12.1 Å². The van der Waals surface area contributed by atoms with Crippen LogP contribution in [0.2, 0.25) is 0 Å². The van der Waals surface area contributed by atoms with E-state index in [-0.39, 0.29) is 17.6 Å². The summed E-state index contributed by atoms with van der Waals surface area (Å²) in [5.41, 5.74) is 1.16. The Morgan fingerprint density at radius 3 is 2.95 bits per heavy atom. The van der Waals surface area contributed by atoms with Crippen molar-refractivity contribution in [3.63, 3.8) is 0 Å². The lowest BCUT2D eigenvalue weighted by Crippen LogP contribution is -2.41. The normalized spacial score (nSPS) is 18.3. The number of carbonyl (C=O) groups excluding carboxylic acids is 1. The van der Waals surface area contributed by atoms with E-state index in [1.807, 2.05) is 0 Å². The van der Waals surface area contributed by atoms with Crippen LogP contribution in [0.4, 0.5) is 11.4 Å². The predicted octanol–water partition coefficient (Wildman–Crippen LogP) is 1.83. The maximum atomic E-state index is 11.2. The predicted molar refractivity (Wildman–Crippen MR) is 78.1 cm³/mol. The molecule has 1 amide bonds. The number of carbonyl (C=O) groups is 1. The number of rotatable bonds is 3. The summed E-state index contributed by atoms with van der Waals surface area (Å²) in [5, 5.41) is 17.9. The third kappa shape index (κ3) is 2.62. The van der Waals surface area contributed by atoms with Crippen molar-refractivity contribution in [1.29, 1.82) is 0 Å². The average molecular weight is 286 g/mol. The monoisotopic (exact) mass is 286 g/mol. The second kappa shape index (κ2) is 5.35. The molecule has 1 atom stereocenters. The average Bonchev–Trinajstić information content (AvgIpc) is 2.49. The molecule has 1 aliphatic heterocycles. The second-order valence-electron chi connectivity index (χ2n) is 4.97. The number of para-hydroxylation sites is 1. The van der Waals surface area contributed by atoms with Crippen LogP contribution in [-0.4, -0.2) is 28.4 Å². The van der Waals surface area contributed by atoms with Gasteiger partial charge in [0, 0.05) is 42.3 Å². The summed E-state index contributed by atoms with van der Waals surface area (Å²) >= 11 is 0. The van der Waals surface area contributed by atoms with Crippen molar-refractivity contribution in [2.45, 2.75) is 18.9 Å². The van der Waals surface area contributed by atoms with Gasteiger partial charge < -0.3 is 10.6 Å². The lowest BCUT2D eigenvalue weighted by molar-refractivity contribution is -0.383. The molecule has 21 heavy (non-hydrogen) atoms. The fraction of sp³-hybridized carbons (Fsp3) is 0.286. The van der Waals surface area contributed by atoms with E-state index in [2.05, 4.69) is 15.6 Å². The summed E-state index contributed by atoms with van der Waals surface area (Å²) < 4.78 is 0. The quantitative estimate of drug-likeness (QED) is 0.662. The van der Waals surface area contributed by atoms with Crippen LogP contribution < -0.4 is 10.6 Å². The number of hydrogen-bond acceptors (Lipinski definition) is 5. The highest BCUT2D eigenvalue weighted by Gasteiger charge is 2.20. The first-order chi connectivity index (χ1) is 10.1. The first-order valence-electron chi connectivity index (χ1n) is 6.70. The highest BCUT2D eigenvalue weighted by atomic mass is 16.6. The summed E-state index contributed by atoms with van der Waals surface area (Å²) in [6.45, 7) is 0.553. The molecule has 108 valence electrons. The van der Waals surface area contributed by atoms with Gasteiger partial charge in [-0.25, -0.2) is 4.98 Å². The van der Waals surface area contributed by atoms with Crippen LogP contribution in [0.25, 0.3) is 10.9 Å². The highest BCUT2D eigenvalue weighted by molar-refractivity contribution is 5.96. The summed E-state index contributed by atoms with van der Waals surface area (Å²) in [4.78, 5) is 25.9. The van der Waals surface area contributed by atoms with Crippen molar-refractivity contribution in [3.8, 4) is 0 Å². The molecular weight excluding hydrogens is 272 g/mol. The molecule has 1 aromatic carbocycles. The molecular formula is C14H14N4O3. The van der Waals surface area contributed by atoms with Crippen LogP contribution in [0, 0.1) is 10.1 Å². The zero-order chi connectivity index (χ0) is 14.8.